The standard InChI is InChI=1S/C18H21N3O2/c22-18(21-15-8-2-1-3-9-15)20-13-14-7-6-12-19-17(14)23-16-10-4-5-11-16/h1-3,6-9,12,16H,4-5,10-11,13H2,(H2,20,21,22). The van der Waals surface area contributed by atoms with Gasteiger partial charge >= 0.3 is 6.03 Å². The number of ether oxygens (including phenoxy) is 1. The number of carbonyl (C=O) groups is 1. The Morgan fingerprint density at radius 3 is 2.70 bits per heavy atom. The van der Waals surface area contributed by atoms with E-state index in [1.54, 1.807) is 6.20 Å². The highest BCUT2D eigenvalue weighted by Crippen LogP contribution is 2.24. The van der Waals surface area contributed by atoms with Crippen LogP contribution in [0, 0.1) is 0 Å². The molecule has 5 heteroatoms. The number of amides is 2. The molecule has 1 fully saturated rings. The second-order valence-electron chi connectivity index (χ2n) is 5.67. The van der Waals surface area contributed by atoms with E-state index in [4.69, 9.17) is 4.74 Å². The molecule has 1 heterocycles. The van der Waals surface area contributed by atoms with Gasteiger partial charge in [-0.05, 0) is 43.9 Å². The molecule has 0 radical (unpaired) electrons. The van der Waals surface area contributed by atoms with Crippen LogP contribution in [-0.2, 0) is 6.54 Å². The van der Waals surface area contributed by atoms with E-state index < -0.39 is 0 Å². The van der Waals surface area contributed by atoms with Crippen molar-refractivity contribution < 1.29 is 9.53 Å². The molecule has 1 aliphatic rings. The molecule has 1 aromatic heterocycles. The quantitative estimate of drug-likeness (QED) is 0.884. The Morgan fingerprint density at radius 1 is 1.13 bits per heavy atom. The minimum Gasteiger partial charge on any atom is -0.474 e. The van der Waals surface area contributed by atoms with Gasteiger partial charge in [-0.15, -0.1) is 0 Å². The first-order chi connectivity index (χ1) is 11.3. The summed E-state index contributed by atoms with van der Waals surface area (Å²) in [6.45, 7) is 0.383. The number of nitrogens with zero attached hydrogens (tertiary/aromatic N) is 1. The van der Waals surface area contributed by atoms with Crippen molar-refractivity contribution >= 4 is 11.7 Å². The summed E-state index contributed by atoms with van der Waals surface area (Å²) in [7, 11) is 0. The molecule has 0 unspecified atom stereocenters. The van der Waals surface area contributed by atoms with Crippen LogP contribution in [0.15, 0.2) is 48.7 Å². The van der Waals surface area contributed by atoms with E-state index in [0.29, 0.717) is 12.4 Å². The van der Waals surface area contributed by atoms with E-state index >= 15 is 0 Å². The fourth-order valence-electron chi connectivity index (χ4n) is 2.70. The normalized spacial score (nSPS) is 14.4. The molecule has 2 amide bonds. The summed E-state index contributed by atoms with van der Waals surface area (Å²) in [5.74, 6) is 0.624. The van der Waals surface area contributed by atoms with Crippen molar-refractivity contribution in [1.29, 1.82) is 0 Å². The van der Waals surface area contributed by atoms with Crippen LogP contribution >= 0.6 is 0 Å². The van der Waals surface area contributed by atoms with Gasteiger partial charge in [0.25, 0.3) is 0 Å². The summed E-state index contributed by atoms with van der Waals surface area (Å²) in [6, 6.07) is 12.9. The maximum atomic E-state index is 12.0. The summed E-state index contributed by atoms with van der Waals surface area (Å²) >= 11 is 0. The predicted molar refractivity (Wildman–Crippen MR) is 89.4 cm³/mol. The molecule has 0 spiro atoms. The highest BCUT2D eigenvalue weighted by Gasteiger charge is 2.18. The molecule has 0 atom stereocenters. The lowest BCUT2D eigenvalue weighted by Gasteiger charge is -2.15. The first-order valence-corrected chi connectivity index (χ1v) is 8.02. The van der Waals surface area contributed by atoms with Crippen molar-refractivity contribution in [2.45, 2.75) is 38.3 Å². The molecule has 23 heavy (non-hydrogen) atoms. The average molecular weight is 311 g/mol. The van der Waals surface area contributed by atoms with Crippen molar-refractivity contribution in [3.05, 3.63) is 54.2 Å². The largest absolute Gasteiger partial charge is 0.474 e. The van der Waals surface area contributed by atoms with Gasteiger partial charge < -0.3 is 15.4 Å². The van der Waals surface area contributed by atoms with Crippen LogP contribution in [0.25, 0.3) is 0 Å². The monoisotopic (exact) mass is 311 g/mol. The summed E-state index contributed by atoms with van der Waals surface area (Å²) in [4.78, 5) is 16.3. The van der Waals surface area contributed by atoms with Crippen molar-refractivity contribution in [1.82, 2.24) is 10.3 Å². The summed E-state index contributed by atoms with van der Waals surface area (Å²) in [5.41, 5.74) is 1.65. The molecule has 1 saturated carbocycles. The van der Waals surface area contributed by atoms with E-state index in [1.807, 2.05) is 42.5 Å². The minimum atomic E-state index is -0.244. The van der Waals surface area contributed by atoms with Gasteiger partial charge in [0.1, 0.15) is 6.10 Å². The molecule has 2 N–H and O–H groups in total. The van der Waals surface area contributed by atoms with Gasteiger partial charge in [-0.25, -0.2) is 9.78 Å². The van der Waals surface area contributed by atoms with Gasteiger partial charge in [0, 0.05) is 24.0 Å². The number of anilines is 1. The highest BCUT2D eigenvalue weighted by molar-refractivity contribution is 5.89. The molecule has 1 aliphatic carbocycles. The van der Waals surface area contributed by atoms with Gasteiger partial charge in [-0.2, -0.15) is 0 Å². The Balaban J connectivity index is 1.56. The van der Waals surface area contributed by atoms with E-state index in [-0.39, 0.29) is 12.1 Å². The van der Waals surface area contributed by atoms with Crippen molar-refractivity contribution in [3.63, 3.8) is 0 Å². The Bertz CT molecular complexity index is 640. The molecular weight excluding hydrogens is 290 g/mol. The number of para-hydroxylation sites is 1. The molecule has 5 nitrogen and oxygen atoms in total. The summed E-state index contributed by atoms with van der Waals surface area (Å²) < 4.78 is 5.97. The van der Waals surface area contributed by atoms with Gasteiger partial charge in [-0.1, -0.05) is 24.3 Å². The first kappa shape index (κ1) is 15.3. The number of aromatic nitrogens is 1. The third-order valence-corrected chi connectivity index (χ3v) is 3.90. The third kappa shape index (κ3) is 4.45. The van der Waals surface area contributed by atoms with Gasteiger partial charge in [0.15, 0.2) is 0 Å². The summed E-state index contributed by atoms with van der Waals surface area (Å²) in [6.07, 6.45) is 6.56. The Labute approximate surface area is 136 Å². The molecule has 0 aliphatic heterocycles. The molecule has 0 bridgehead atoms. The molecule has 2 aromatic rings. The zero-order valence-corrected chi connectivity index (χ0v) is 13.0. The molecule has 0 saturated heterocycles. The van der Waals surface area contributed by atoms with E-state index in [1.165, 1.54) is 12.8 Å². The number of hydrogen-bond acceptors (Lipinski definition) is 3. The van der Waals surface area contributed by atoms with Crippen LogP contribution in [0.5, 0.6) is 5.88 Å². The first-order valence-electron chi connectivity index (χ1n) is 8.02. The summed E-state index contributed by atoms with van der Waals surface area (Å²) in [5, 5.41) is 5.64. The predicted octanol–water partition coefficient (Wildman–Crippen LogP) is 3.72. The van der Waals surface area contributed by atoms with Crippen molar-refractivity contribution in [2.75, 3.05) is 5.32 Å². The average Bonchev–Trinajstić information content (AvgIpc) is 3.08. The maximum absolute atomic E-state index is 12.0. The Hall–Kier alpha value is -2.56. The number of urea groups is 1. The lowest BCUT2D eigenvalue weighted by atomic mass is 10.2. The maximum Gasteiger partial charge on any atom is 0.319 e. The smallest absolute Gasteiger partial charge is 0.319 e. The topological polar surface area (TPSA) is 63.2 Å². The van der Waals surface area contributed by atoms with Crippen LogP contribution in [-0.4, -0.2) is 17.1 Å². The van der Waals surface area contributed by atoms with Crippen LogP contribution in [0.2, 0.25) is 0 Å². The van der Waals surface area contributed by atoms with Gasteiger partial charge in [0.05, 0.1) is 0 Å². The second-order valence-corrected chi connectivity index (χ2v) is 5.67. The number of carbonyl (C=O) groups excluding carboxylic acids is 1. The lowest BCUT2D eigenvalue weighted by molar-refractivity contribution is 0.199. The zero-order valence-electron chi connectivity index (χ0n) is 13.0. The highest BCUT2D eigenvalue weighted by atomic mass is 16.5. The SMILES string of the molecule is O=C(NCc1cccnc1OC1CCCC1)Nc1ccccc1. The third-order valence-electron chi connectivity index (χ3n) is 3.90. The number of rotatable bonds is 5. The van der Waals surface area contributed by atoms with E-state index in [0.717, 1.165) is 24.1 Å². The second kappa shape index (κ2) is 7.63. The molecule has 1 aromatic carbocycles. The van der Waals surface area contributed by atoms with E-state index in [9.17, 15) is 4.79 Å². The van der Waals surface area contributed by atoms with Gasteiger partial charge in [0.2, 0.25) is 5.88 Å². The van der Waals surface area contributed by atoms with Crippen LogP contribution in [0.3, 0.4) is 0 Å². The Kier molecular flexibility index (Phi) is 5.09. The number of benzene rings is 1. The number of pyridine rings is 1. The molecular formula is C18H21N3O2. The van der Waals surface area contributed by atoms with E-state index in [2.05, 4.69) is 15.6 Å². The minimum absolute atomic E-state index is 0.244. The molecule has 3 rings (SSSR count). The van der Waals surface area contributed by atoms with Gasteiger partial charge in [-0.3, -0.25) is 0 Å². The van der Waals surface area contributed by atoms with Crippen molar-refractivity contribution in [3.8, 4) is 5.88 Å². The Morgan fingerprint density at radius 2 is 1.91 bits per heavy atom. The zero-order chi connectivity index (χ0) is 15.9. The fraction of sp³-hybridized carbons (Fsp3) is 0.333. The van der Waals surface area contributed by atoms with Crippen LogP contribution < -0.4 is 15.4 Å². The number of hydrogen-bond donors (Lipinski definition) is 2. The van der Waals surface area contributed by atoms with Crippen molar-refractivity contribution in [2.24, 2.45) is 0 Å². The lowest BCUT2D eigenvalue weighted by Crippen LogP contribution is -2.28. The van der Waals surface area contributed by atoms with Crippen LogP contribution in [0.1, 0.15) is 31.2 Å². The fourth-order valence-corrected chi connectivity index (χ4v) is 2.70. The van der Waals surface area contributed by atoms with Crippen LogP contribution in [0.4, 0.5) is 10.5 Å². The molecule has 120 valence electrons. The number of nitrogens with one attached hydrogen (secondary N) is 2.